The topological polar surface area (TPSA) is 9.23 Å². The molecule has 0 amide bonds. The van der Waals surface area contributed by atoms with E-state index in [4.69, 9.17) is 13.9 Å². The lowest BCUT2D eigenvalue weighted by Gasteiger charge is -2.28. The molecule has 1 nitrogen and oxygen atoms in total. The first-order valence-electron chi connectivity index (χ1n) is 7.47. The van der Waals surface area contributed by atoms with E-state index in [9.17, 15) is 0 Å². The van der Waals surface area contributed by atoms with Crippen LogP contribution in [0.15, 0.2) is 42.9 Å². The molecule has 0 saturated carbocycles. The third-order valence-electron chi connectivity index (χ3n) is 3.03. The molecule has 0 fully saturated rings. The fourth-order valence-electron chi connectivity index (χ4n) is 1.91. The highest BCUT2D eigenvalue weighted by Crippen LogP contribution is 2.26. The zero-order valence-corrected chi connectivity index (χ0v) is 13.2. The van der Waals surface area contributed by atoms with Gasteiger partial charge in [-0.1, -0.05) is 64.9 Å². The van der Waals surface area contributed by atoms with Crippen molar-refractivity contribution in [3.8, 4) is 12.3 Å². The molecule has 19 heavy (non-hydrogen) atoms. The molecule has 0 aliphatic heterocycles. The van der Waals surface area contributed by atoms with Gasteiger partial charge in [-0.2, -0.15) is 0 Å². The van der Waals surface area contributed by atoms with Crippen LogP contribution >= 0.6 is 22.6 Å². The fourth-order valence-corrected chi connectivity index (χ4v) is 2.29. The normalized spacial score (nSPS) is 14.7. The number of alkyl halides is 1. The second kappa shape index (κ2) is 9.17. The molecule has 0 bridgehead atoms. The fraction of sp³-hybridized carbons (Fsp3) is 0.412. The van der Waals surface area contributed by atoms with Gasteiger partial charge in [-0.15, -0.1) is 13.0 Å². The van der Waals surface area contributed by atoms with Crippen molar-refractivity contribution in [2.24, 2.45) is 0 Å². The molecule has 1 aromatic rings. The summed E-state index contributed by atoms with van der Waals surface area (Å²) in [4.78, 5) is 0. The van der Waals surface area contributed by atoms with Gasteiger partial charge >= 0.3 is 0 Å². The molecule has 1 unspecified atom stereocenters. The Bertz CT molecular complexity index is 477. The maximum atomic E-state index is 7.15. The average molecular weight is 370 g/mol. The first-order valence-corrected chi connectivity index (χ1v) is 7.99. The molecule has 0 heterocycles. The Morgan fingerprint density at radius 2 is 2.21 bits per heavy atom. The molecular formula is C17H21IO. The maximum Gasteiger partial charge on any atom is 0.129 e. The summed E-state index contributed by atoms with van der Waals surface area (Å²) in [6.45, 7) is 0.322. The lowest BCUT2D eigenvalue weighted by molar-refractivity contribution is -0.0240. The van der Waals surface area contributed by atoms with Crippen LogP contribution in [0.2, 0.25) is 0 Å². The van der Waals surface area contributed by atoms with Crippen molar-refractivity contribution in [1.82, 2.24) is 0 Å². The van der Waals surface area contributed by atoms with Gasteiger partial charge in [0.15, 0.2) is 0 Å². The van der Waals surface area contributed by atoms with Crippen molar-refractivity contribution in [2.75, 3.05) is 4.43 Å². The number of hydrogen-bond acceptors (Lipinski definition) is 1. The van der Waals surface area contributed by atoms with Crippen LogP contribution in [0.5, 0.6) is 0 Å². The van der Waals surface area contributed by atoms with Gasteiger partial charge in [-0.05, 0) is 35.7 Å². The van der Waals surface area contributed by atoms with Gasteiger partial charge < -0.3 is 4.74 Å². The number of hydrogen-bond donors (Lipinski definition) is 0. The van der Waals surface area contributed by atoms with Crippen molar-refractivity contribution in [2.45, 2.75) is 37.9 Å². The first-order chi connectivity index (χ1) is 10.1. The molecule has 0 radical (unpaired) electrons. The zero-order chi connectivity index (χ0) is 15.6. The Balaban J connectivity index is 2.70. The van der Waals surface area contributed by atoms with Crippen LogP contribution in [-0.4, -0.2) is 10.0 Å². The monoisotopic (exact) mass is 370 g/mol. The van der Waals surface area contributed by atoms with Gasteiger partial charge in [0, 0.05) is 0 Å². The van der Waals surface area contributed by atoms with Gasteiger partial charge in [0.1, 0.15) is 5.60 Å². The molecular weight excluding hydrogens is 347 g/mol. The lowest BCUT2D eigenvalue weighted by Crippen LogP contribution is -2.30. The summed E-state index contributed by atoms with van der Waals surface area (Å²) in [5.74, 6) is 2.82. The minimum atomic E-state index is -0.604. The summed E-state index contributed by atoms with van der Waals surface area (Å²) in [6, 6.07) is 9.98. The molecule has 1 aromatic carbocycles. The van der Waals surface area contributed by atoms with Gasteiger partial charge in [0.05, 0.1) is 9.35 Å². The van der Waals surface area contributed by atoms with E-state index in [1.165, 1.54) is 0 Å². The number of rotatable bonds is 9. The summed E-state index contributed by atoms with van der Waals surface area (Å²) < 4.78 is 21.4. The average Bonchev–Trinajstić information content (AvgIpc) is 2.50. The Hall–Kier alpha value is -0.790. The Kier molecular flexibility index (Phi) is 6.37. The van der Waals surface area contributed by atoms with Crippen molar-refractivity contribution in [3.63, 3.8) is 0 Å². The van der Waals surface area contributed by atoms with E-state index in [1.807, 2.05) is 30.3 Å². The third-order valence-corrected chi connectivity index (χ3v) is 3.79. The van der Waals surface area contributed by atoms with Crippen LogP contribution in [0.3, 0.4) is 0 Å². The molecule has 0 aromatic heterocycles. The van der Waals surface area contributed by atoms with Gasteiger partial charge in [-0.25, -0.2) is 0 Å². The number of halogens is 1. The Labute approximate surface area is 133 Å². The Morgan fingerprint density at radius 3 is 2.84 bits per heavy atom. The minimum absolute atomic E-state index is 0.169. The SMILES string of the molecule is [2H]C([2H])=CCCC(C#C)(CCCI)OCc1ccccc1. The predicted octanol–water partition coefficient (Wildman–Crippen LogP) is 4.76. The highest BCUT2D eigenvalue weighted by atomic mass is 127. The third kappa shape index (κ3) is 5.80. The molecule has 0 aliphatic rings. The zero-order valence-electron chi connectivity index (χ0n) is 13.1. The largest absolute Gasteiger partial charge is 0.358 e. The Morgan fingerprint density at radius 1 is 1.42 bits per heavy atom. The first kappa shape index (κ1) is 13.2. The highest BCUT2D eigenvalue weighted by Gasteiger charge is 2.27. The second-order valence-corrected chi connectivity index (χ2v) is 5.53. The number of ether oxygens (including phenoxy) is 1. The summed E-state index contributed by atoms with van der Waals surface area (Å²) in [7, 11) is 0. The lowest BCUT2D eigenvalue weighted by atomic mass is 9.93. The molecule has 2 heteroatoms. The molecule has 1 atom stereocenters. The van der Waals surface area contributed by atoms with Crippen LogP contribution in [0.4, 0.5) is 0 Å². The minimum Gasteiger partial charge on any atom is -0.358 e. The summed E-state index contributed by atoms with van der Waals surface area (Å²) in [5, 5.41) is 0. The van der Waals surface area contributed by atoms with E-state index in [1.54, 1.807) is 6.08 Å². The van der Waals surface area contributed by atoms with Crippen LogP contribution in [0.25, 0.3) is 0 Å². The summed E-state index contributed by atoms with van der Waals surface area (Å²) in [5.41, 5.74) is 0.497. The van der Waals surface area contributed by atoms with Crippen molar-refractivity contribution in [3.05, 3.63) is 48.5 Å². The van der Waals surface area contributed by atoms with Crippen molar-refractivity contribution < 1.29 is 7.48 Å². The molecule has 0 saturated heterocycles. The van der Waals surface area contributed by atoms with E-state index in [-0.39, 0.29) is 6.53 Å². The smallest absolute Gasteiger partial charge is 0.129 e. The van der Waals surface area contributed by atoms with Gasteiger partial charge in [0.25, 0.3) is 0 Å². The summed E-state index contributed by atoms with van der Waals surface area (Å²) >= 11 is 2.34. The molecule has 0 spiro atoms. The number of terminal acetylenes is 1. The van der Waals surface area contributed by atoms with E-state index in [2.05, 4.69) is 28.5 Å². The molecule has 1 rings (SSSR count). The second-order valence-electron chi connectivity index (χ2n) is 4.45. The van der Waals surface area contributed by atoms with Crippen molar-refractivity contribution >= 4 is 22.6 Å². The van der Waals surface area contributed by atoms with Crippen LogP contribution < -0.4 is 0 Å². The van der Waals surface area contributed by atoms with Crippen molar-refractivity contribution in [1.29, 1.82) is 0 Å². The van der Waals surface area contributed by atoms with Crippen LogP contribution in [-0.2, 0) is 11.3 Å². The van der Waals surface area contributed by atoms with Gasteiger partial charge in [0.2, 0.25) is 0 Å². The van der Waals surface area contributed by atoms with E-state index >= 15 is 0 Å². The molecule has 0 aliphatic carbocycles. The predicted molar refractivity (Wildman–Crippen MR) is 90.3 cm³/mol. The quantitative estimate of drug-likeness (QED) is 0.264. The van der Waals surface area contributed by atoms with E-state index in [0.717, 1.165) is 22.8 Å². The number of allylic oxidation sites excluding steroid dienone is 1. The highest BCUT2D eigenvalue weighted by molar-refractivity contribution is 14.1. The summed E-state index contributed by atoms with van der Waals surface area (Å²) in [6.07, 6.45) is 10.4. The number of benzene rings is 1. The molecule has 102 valence electrons. The van der Waals surface area contributed by atoms with E-state index in [0.29, 0.717) is 19.4 Å². The maximum absolute atomic E-state index is 7.15. The van der Waals surface area contributed by atoms with E-state index < -0.39 is 5.60 Å². The van der Waals surface area contributed by atoms with Gasteiger partial charge in [-0.3, -0.25) is 0 Å². The molecule has 0 N–H and O–H groups in total. The van der Waals surface area contributed by atoms with Crippen LogP contribution in [0, 0.1) is 12.3 Å². The van der Waals surface area contributed by atoms with Crippen LogP contribution in [0.1, 0.15) is 34.0 Å². The standard InChI is InChI=1S/C17H21IO/c1-3-5-12-17(4-2,13-9-14-18)19-15-16-10-7-6-8-11-16/h2-3,6-8,10-11H,1,5,9,12-15H2/i1D2.